The monoisotopic (exact) mass is 327 g/mol. The fraction of sp³-hybridized carbons (Fsp3) is 0.400. The van der Waals surface area contributed by atoms with Crippen LogP contribution in [0.3, 0.4) is 0 Å². The average Bonchev–Trinajstić information content (AvgIpc) is 2.28. The molecule has 0 saturated heterocycles. The summed E-state index contributed by atoms with van der Waals surface area (Å²) in [4.78, 5) is -0.215. The van der Waals surface area contributed by atoms with Gasteiger partial charge in [-0.3, -0.25) is 4.55 Å². The Balaban J connectivity index is 2.56. The first-order chi connectivity index (χ1) is 8.74. The lowest BCUT2D eigenvalue weighted by Crippen LogP contribution is -2.19. The Bertz CT molecular complexity index is 610. The van der Waals surface area contributed by atoms with Gasteiger partial charge in [0.05, 0.1) is 16.4 Å². The van der Waals surface area contributed by atoms with Crippen molar-refractivity contribution in [3.8, 4) is 0 Å². The first-order valence-electron chi connectivity index (χ1n) is 5.32. The van der Waals surface area contributed by atoms with Crippen molar-refractivity contribution in [2.75, 3.05) is 29.2 Å². The van der Waals surface area contributed by atoms with Gasteiger partial charge in [-0.05, 0) is 24.3 Å². The number of alkyl halides is 1. The van der Waals surface area contributed by atoms with Gasteiger partial charge in [0.15, 0.2) is 9.84 Å². The smallest absolute Gasteiger partial charge is 0.294 e. The molecular weight excluding hydrogens is 314 g/mol. The number of hydrogen-bond acceptors (Lipinski definition) is 5. The molecule has 6 nitrogen and oxygen atoms in total. The summed E-state index contributed by atoms with van der Waals surface area (Å²) in [5, 5.41) is 2.84. The lowest BCUT2D eigenvalue weighted by molar-refractivity contribution is 0.483. The van der Waals surface area contributed by atoms with Crippen LogP contribution in [0.15, 0.2) is 29.2 Å². The van der Waals surface area contributed by atoms with Crippen LogP contribution < -0.4 is 5.32 Å². The third-order valence-electron chi connectivity index (χ3n) is 2.28. The molecule has 0 aliphatic heterocycles. The molecule has 0 atom stereocenters. The zero-order chi connectivity index (χ0) is 14.5. The molecule has 1 rings (SSSR count). The van der Waals surface area contributed by atoms with Gasteiger partial charge in [-0.25, -0.2) is 8.42 Å². The largest absolute Gasteiger partial charge is 0.384 e. The number of nitrogens with one attached hydrogen (secondary N) is 1. The van der Waals surface area contributed by atoms with E-state index in [1.165, 1.54) is 24.3 Å². The van der Waals surface area contributed by atoms with Crippen molar-refractivity contribution in [1.29, 1.82) is 0 Å². The van der Waals surface area contributed by atoms with Crippen LogP contribution >= 0.6 is 11.6 Å². The van der Waals surface area contributed by atoms with Gasteiger partial charge in [0.2, 0.25) is 0 Å². The predicted octanol–water partition coefficient (Wildman–Crippen LogP) is 0.999. The molecule has 0 bridgehead atoms. The molecule has 9 heteroatoms. The average molecular weight is 328 g/mol. The first-order valence-corrected chi connectivity index (χ1v) is 9.12. The Labute approximate surface area is 117 Å². The molecule has 1 aromatic carbocycles. The van der Waals surface area contributed by atoms with E-state index in [0.29, 0.717) is 5.69 Å². The highest BCUT2D eigenvalue weighted by Gasteiger charge is 2.10. The highest BCUT2D eigenvalue weighted by Crippen LogP contribution is 2.13. The van der Waals surface area contributed by atoms with E-state index in [4.69, 9.17) is 16.2 Å². The SMILES string of the molecule is O=S(=O)(CCCl)CCNc1ccc(S(=O)(=O)O)cc1. The molecule has 19 heavy (non-hydrogen) atoms. The van der Waals surface area contributed by atoms with Crippen LogP contribution in [0.25, 0.3) is 0 Å². The van der Waals surface area contributed by atoms with E-state index in [9.17, 15) is 16.8 Å². The van der Waals surface area contributed by atoms with Crippen molar-refractivity contribution < 1.29 is 21.4 Å². The van der Waals surface area contributed by atoms with Crippen LogP contribution in [-0.4, -0.2) is 45.3 Å². The topological polar surface area (TPSA) is 101 Å². The van der Waals surface area contributed by atoms with Gasteiger partial charge in [-0.15, -0.1) is 11.6 Å². The van der Waals surface area contributed by atoms with Gasteiger partial charge in [0, 0.05) is 18.1 Å². The third-order valence-corrected chi connectivity index (χ3v) is 5.22. The Hall–Kier alpha value is -0.830. The molecule has 0 amide bonds. The Morgan fingerprint density at radius 1 is 1.05 bits per heavy atom. The fourth-order valence-electron chi connectivity index (χ4n) is 1.32. The highest BCUT2D eigenvalue weighted by atomic mass is 35.5. The van der Waals surface area contributed by atoms with Crippen molar-refractivity contribution in [3.05, 3.63) is 24.3 Å². The second kappa shape index (κ2) is 6.56. The summed E-state index contributed by atoms with van der Waals surface area (Å²) in [5.74, 6) is -0.0664. The van der Waals surface area contributed by atoms with Gasteiger partial charge in [0.25, 0.3) is 10.1 Å². The van der Waals surface area contributed by atoms with E-state index in [0.717, 1.165) is 0 Å². The van der Waals surface area contributed by atoms with E-state index in [1.807, 2.05) is 0 Å². The van der Waals surface area contributed by atoms with E-state index in [2.05, 4.69) is 5.32 Å². The van der Waals surface area contributed by atoms with Crippen molar-refractivity contribution in [1.82, 2.24) is 0 Å². The predicted molar refractivity (Wildman–Crippen MR) is 74.1 cm³/mol. The number of hydrogen-bond donors (Lipinski definition) is 2. The zero-order valence-corrected chi connectivity index (χ0v) is 12.3. The van der Waals surface area contributed by atoms with E-state index in [1.54, 1.807) is 0 Å². The molecule has 108 valence electrons. The van der Waals surface area contributed by atoms with Gasteiger partial charge >= 0.3 is 0 Å². The van der Waals surface area contributed by atoms with Gasteiger partial charge in [-0.1, -0.05) is 0 Å². The third kappa shape index (κ3) is 5.77. The molecule has 2 N–H and O–H groups in total. The molecule has 0 aromatic heterocycles. The van der Waals surface area contributed by atoms with Crippen LogP contribution in [-0.2, 0) is 20.0 Å². The van der Waals surface area contributed by atoms with Crippen LogP contribution in [0.2, 0.25) is 0 Å². The summed E-state index contributed by atoms with van der Waals surface area (Å²) in [6, 6.07) is 5.34. The molecule has 0 heterocycles. The molecule has 1 aromatic rings. The van der Waals surface area contributed by atoms with E-state index >= 15 is 0 Å². The maximum absolute atomic E-state index is 11.4. The molecular formula is C10H14ClNO5S2. The maximum Gasteiger partial charge on any atom is 0.294 e. The normalized spacial score (nSPS) is 12.3. The Kier molecular flexibility index (Phi) is 5.60. The number of anilines is 1. The van der Waals surface area contributed by atoms with Gasteiger partial charge in [-0.2, -0.15) is 8.42 Å². The number of benzene rings is 1. The quantitative estimate of drug-likeness (QED) is 0.572. The first kappa shape index (κ1) is 16.2. The summed E-state index contributed by atoms with van der Waals surface area (Å²) in [5.41, 5.74) is 0.563. The van der Waals surface area contributed by atoms with Crippen molar-refractivity contribution in [2.24, 2.45) is 0 Å². The minimum Gasteiger partial charge on any atom is -0.384 e. The van der Waals surface area contributed by atoms with Gasteiger partial charge in [0.1, 0.15) is 0 Å². The summed E-state index contributed by atoms with van der Waals surface area (Å²) >= 11 is 5.36. The molecule has 0 fully saturated rings. The number of rotatable bonds is 7. The van der Waals surface area contributed by atoms with Crippen molar-refractivity contribution in [3.63, 3.8) is 0 Å². The Morgan fingerprint density at radius 3 is 2.11 bits per heavy atom. The standard InChI is InChI=1S/C10H14ClNO5S2/c11-5-7-18(13,14)8-6-12-9-1-3-10(4-2-9)19(15,16)17/h1-4,12H,5-8H2,(H,15,16,17). The number of halogens is 1. The molecule has 0 spiro atoms. The van der Waals surface area contributed by atoms with E-state index < -0.39 is 20.0 Å². The minimum atomic E-state index is -4.21. The van der Waals surface area contributed by atoms with Crippen molar-refractivity contribution >= 4 is 37.2 Å². The summed E-state index contributed by atoms with van der Waals surface area (Å²) in [6.07, 6.45) is 0. The number of sulfone groups is 1. The fourth-order valence-corrected chi connectivity index (χ4v) is 3.35. The van der Waals surface area contributed by atoms with Crippen LogP contribution in [0, 0.1) is 0 Å². The van der Waals surface area contributed by atoms with Crippen LogP contribution in [0.4, 0.5) is 5.69 Å². The zero-order valence-electron chi connectivity index (χ0n) is 9.91. The summed E-state index contributed by atoms with van der Waals surface area (Å²) in [7, 11) is -7.37. The summed E-state index contributed by atoms with van der Waals surface area (Å²) in [6.45, 7) is 0.199. The van der Waals surface area contributed by atoms with Crippen LogP contribution in [0.5, 0.6) is 0 Å². The lowest BCUT2D eigenvalue weighted by Gasteiger charge is -2.07. The minimum absolute atomic E-state index is 0.0558. The molecule has 0 aliphatic rings. The van der Waals surface area contributed by atoms with Gasteiger partial charge < -0.3 is 5.32 Å². The second-order valence-electron chi connectivity index (χ2n) is 3.77. The molecule has 0 unspecified atom stereocenters. The maximum atomic E-state index is 11.4. The van der Waals surface area contributed by atoms with Crippen molar-refractivity contribution in [2.45, 2.75) is 4.90 Å². The molecule has 0 aliphatic carbocycles. The summed E-state index contributed by atoms with van der Waals surface area (Å²) < 4.78 is 53.1. The Morgan fingerprint density at radius 2 is 1.63 bits per heavy atom. The van der Waals surface area contributed by atoms with Crippen LogP contribution in [0.1, 0.15) is 0 Å². The second-order valence-corrected chi connectivity index (χ2v) is 7.87. The molecule has 0 saturated carbocycles. The highest BCUT2D eigenvalue weighted by molar-refractivity contribution is 7.91. The molecule has 0 radical (unpaired) electrons. The van der Waals surface area contributed by atoms with E-state index in [-0.39, 0.29) is 28.8 Å². The lowest BCUT2D eigenvalue weighted by atomic mass is 10.3.